The van der Waals surface area contributed by atoms with E-state index in [1.54, 1.807) is 11.3 Å². The summed E-state index contributed by atoms with van der Waals surface area (Å²) in [6.07, 6.45) is 0. The number of benzene rings is 2. The van der Waals surface area contributed by atoms with Crippen LogP contribution in [0.2, 0.25) is 0 Å². The van der Waals surface area contributed by atoms with Gasteiger partial charge in [0.15, 0.2) is 0 Å². The maximum absolute atomic E-state index is 13.1. The third kappa shape index (κ3) is 3.11. The highest BCUT2D eigenvalue weighted by atomic mass is 32.1. The monoisotopic (exact) mass is 358 g/mol. The number of amides is 1. The second kappa shape index (κ2) is 6.73. The lowest BCUT2D eigenvalue weighted by Crippen LogP contribution is -2.14. The van der Waals surface area contributed by atoms with Gasteiger partial charge in [-0.25, -0.2) is 4.98 Å². The van der Waals surface area contributed by atoms with Crippen LogP contribution in [0.15, 0.2) is 66.0 Å². The minimum Gasteiger partial charge on any atom is -0.322 e. The molecule has 128 valence electrons. The maximum atomic E-state index is 13.1. The molecule has 0 radical (unpaired) electrons. The van der Waals surface area contributed by atoms with E-state index < -0.39 is 0 Å². The maximum Gasteiger partial charge on any atom is 0.256 e. The molecule has 0 saturated carbocycles. The number of hydrogen-bond acceptors (Lipinski definition) is 3. The number of aryl methyl sites for hydroxylation is 2. The molecule has 0 aliphatic carbocycles. The zero-order valence-electron chi connectivity index (χ0n) is 14.6. The molecule has 4 rings (SSSR count). The van der Waals surface area contributed by atoms with Crippen LogP contribution in [0, 0.1) is 13.8 Å². The Kier molecular flexibility index (Phi) is 4.27. The lowest BCUT2D eigenvalue weighted by atomic mass is 10.1. The van der Waals surface area contributed by atoms with Crippen LogP contribution >= 0.6 is 11.3 Å². The van der Waals surface area contributed by atoms with Gasteiger partial charge in [0.05, 0.1) is 21.7 Å². The van der Waals surface area contributed by atoms with E-state index in [4.69, 9.17) is 4.98 Å². The molecular formula is C22H18N2OS. The molecule has 4 aromatic rings. The zero-order chi connectivity index (χ0) is 18.1. The SMILES string of the molecule is Cc1ccc(NC(=O)c2cc(-c3cccs3)nc3ccccc23)c(C)c1. The number of nitrogens with one attached hydrogen (secondary N) is 1. The van der Waals surface area contributed by atoms with Crippen molar-refractivity contribution in [3.8, 4) is 10.6 Å². The van der Waals surface area contributed by atoms with Crippen LogP contribution in [-0.2, 0) is 0 Å². The van der Waals surface area contributed by atoms with Crippen LogP contribution in [0.25, 0.3) is 21.5 Å². The Balaban J connectivity index is 1.80. The molecule has 2 aromatic heterocycles. The average molecular weight is 358 g/mol. The van der Waals surface area contributed by atoms with Crippen molar-refractivity contribution in [3.05, 3.63) is 82.7 Å². The van der Waals surface area contributed by atoms with Crippen LogP contribution < -0.4 is 5.32 Å². The molecule has 0 bridgehead atoms. The third-order valence-electron chi connectivity index (χ3n) is 4.36. The fourth-order valence-corrected chi connectivity index (χ4v) is 3.74. The molecule has 2 aromatic carbocycles. The Bertz CT molecular complexity index is 1100. The first kappa shape index (κ1) is 16.5. The van der Waals surface area contributed by atoms with E-state index in [0.29, 0.717) is 5.56 Å². The highest BCUT2D eigenvalue weighted by Crippen LogP contribution is 2.28. The normalized spacial score (nSPS) is 10.8. The van der Waals surface area contributed by atoms with E-state index in [1.165, 1.54) is 5.56 Å². The Morgan fingerprint density at radius 2 is 1.85 bits per heavy atom. The standard InChI is InChI=1S/C22H18N2OS/c1-14-9-10-18(15(2)12-14)24-22(25)17-13-20(21-8-5-11-26-21)23-19-7-4-3-6-16(17)19/h3-13H,1-2H3,(H,24,25). The third-order valence-corrected chi connectivity index (χ3v) is 5.26. The Hall–Kier alpha value is -2.98. The summed E-state index contributed by atoms with van der Waals surface area (Å²) in [5, 5.41) is 5.93. The van der Waals surface area contributed by atoms with Crippen LogP contribution in [-0.4, -0.2) is 10.9 Å². The molecule has 26 heavy (non-hydrogen) atoms. The predicted molar refractivity (Wildman–Crippen MR) is 109 cm³/mol. The number of fused-ring (bicyclic) bond motifs is 1. The number of rotatable bonds is 3. The van der Waals surface area contributed by atoms with E-state index in [2.05, 4.69) is 11.4 Å². The van der Waals surface area contributed by atoms with E-state index in [-0.39, 0.29) is 5.91 Å². The van der Waals surface area contributed by atoms with E-state index in [1.807, 2.05) is 73.8 Å². The first-order valence-corrected chi connectivity index (χ1v) is 9.32. The van der Waals surface area contributed by atoms with E-state index in [9.17, 15) is 4.79 Å². The molecule has 0 saturated heterocycles. The van der Waals surface area contributed by atoms with E-state index >= 15 is 0 Å². The molecule has 0 atom stereocenters. The van der Waals surface area contributed by atoms with E-state index in [0.717, 1.165) is 32.7 Å². The van der Waals surface area contributed by atoms with Crippen LogP contribution in [0.3, 0.4) is 0 Å². The molecule has 0 aliphatic rings. The molecule has 0 aliphatic heterocycles. The number of para-hydroxylation sites is 1. The minimum atomic E-state index is -0.117. The first-order valence-electron chi connectivity index (χ1n) is 8.44. The van der Waals surface area contributed by atoms with Crippen molar-refractivity contribution in [1.29, 1.82) is 0 Å². The van der Waals surface area contributed by atoms with Gasteiger partial charge in [0.2, 0.25) is 0 Å². The molecule has 4 heteroatoms. The van der Waals surface area contributed by atoms with Gasteiger partial charge in [0.1, 0.15) is 0 Å². The summed E-state index contributed by atoms with van der Waals surface area (Å²) < 4.78 is 0. The number of nitrogens with zero attached hydrogens (tertiary/aromatic N) is 1. The number of pyridine rings is 1. The summed E-state index contributed by atoms with van der Waals surface area (Å²) in [5.74, 6) is -0.117. The smallest absolute Gasteiger partial charge is 0.256 e. The number of hydrogen-bond donors (Lipinski definition) is 1. The first-order chi connectivity index (χ1) is 12.6. The minimum absolute atomic E-state index is 0.117. The molecule has 0 fully saturated rings. The molecular weight excluding hydrogens is 340 g/mol. The molecule has 3 nitrogen and oxygen atoms in total. The largest absolute Gasteiger partial charge is 0.322 e. The summed E-state index contributed by atoms with van der Waals surface area (Å²) in [6, 6.07) is 19.7. The number of carbonyl (C=O) groups is 1. The average Bonchev–Trinajstić information content (AvgIpc) is 3.18. The van der Waals surface area contributed by atoms with Crippen molar-refractivity contribution in [2.75, 3.05) is 5.32 Å². The van der Waals surface area contributed by atoms with Gasteiger partial charge in [-0.05, 0) is 49.1 Å². The number of thiophene rings is 1. The van der Waals surface area contributed by atoms with Crippen molar-refractivity contribution in [1.82, 2.24) is 4.98 Å². The quantitative estimate of drug-likeness (QED) is 0.500. The molecule has 1 N–H and O–H groups in total. The predicted octanol–water partition coefficient (Wildman–Crippen LogP) is 5.83. The van der Waals surface area contributed by atoms with Crippen molar-refractivity contribution < 1.29 is 4.79 Å². The highest BCUT2D eigenvalue weighted by molar-refractivity contribution is 7.13. The number of aromatic nitrogens is 1. The summed E-state index contributed by atoms with van der Waals surface area (Å²) in [4.78, 5) is 18.8. The lowest BCUT2D eigenvalue weighted by Gasteiger charge is -2.12. The van der Waals surface area contributed by atoms with Crippen molar-refractivity contribution in [2.24, 2.45) is 0 Å². The van der Waals surface area contributed by atoms with Crippen LogP contribution in [0.1, 0.15) is 21.5 Å². The summed E-state index contributed by atoms with van der Waals surface area (Å²) in [5.41, 5.74) is 5.34. The zero-order valence-corrected chi connectivity index (χ0v) is 15.4. The fourth-order valence-electron chi connectivity index (χ4n) is 3.06. The van der Waals surface area contributed by atoms with Crippen LogP contribution in [0.4, 0.5) is 5.69 Å². The number of carbonyl (C=O) groups excluding carboxylic acids is 1. The summed E-state index contributed by atoms with van der Waals surface area (Å²) in [6.45, 7) is 4.05. The van der Waals surface area contributed by atoms with Gasteiger partial charge in [-0.15, -0.1) is 11.3 Å². The second-order valence-corrected chi connectivity index (χ2v) is 7.27. The van der Waals surface area contributed by atoms with Gasteiger partial charge < -0.3 is 5.32 Å². The summed E-state index contributed by atoms with van der Waals surface area (Å²) >= 11 is 1.62. The Morgan fingerprint density at radius 1 is 1.00 bits per heavy atom. The highest BCUT2D eigenvalue weighted by Gasteiger charge is 2.15. The van der Waals surface area contributed by atoms with Gasteiger partial charge in [-0.2, -0.15) is 0 Å². The van der Waals surface area contributed by atoms with Crippen molar-refractivity contribution in [3.63, 3.8) is 0 Å². The molecule has 2 heterocycles. The lowest BCUT2D eigenvalue weighted by molar-refractivity contribution is 0.102. The van der Waals surface area contributed by atoms with Gasteiger partial charge in [-0.3, -0.25) is 4.79 Å². The van der Waals surface area contributed by atoms with Gasteiger partial charge in [-0.1, -0.05) is 42.0 Å². The molecule has 1 amide bonds. The molecule has 0 spiro atoms. The van der Waals surface area contributed by atoms with Gasteiger partial charge >= 0.3 is 0 Å². The second-order valence-electron chi connectivity index (χ2n) is 6.32. The number of anilines is 1. The van der Waals surface area contributed by atoms with Crippen molar-refractivity contribution >= 4 is 33.8 Å². The Morgan fingerprint density at radius 3 is 2.62 bits per heavy atom. The van der Waals surface area contributed by atoms with Crippen LogP contribution in [0.5, 0.6) is 0 Å². The molecule has 0 unspecified atom stereocenters. The van der Waals surface area contributed by atoms with Gasteiger partial charge in [0.25, 0.3) is 5.91 Å². The summed E-state index contributed by atoms with van der Waals surface area (Å²) in [7, 11) is 0. The van der Waals surface area contributed by atoms with Crippen molar-refractivity contribution in [2.45, 2.75) is 13.8 Å². The fraction of sp³-hybridized carbons (Fsp3) is 0.0909. The van der Waals surface area contributed by atoms with Gasteiger partial charge in [0, 0.05) is 11.1 Å². The Labute approximate surface area is 156 Å². The topological polar surface area (TPSA) is 42.0 Å².